The summed E-state index contributed by atoms with van der Waals surface area (Å²) >= 11 is 11.8. The highest BCUT2D eigenvalue weighted by Crippen LogP contribution is 2.27. The molecule has 2 aromatic carbocycles. The molecule has 1 aliphatic rings. The minimum atomic E-state index is -0.278. The van der Waals surface area contributed by atoms with E-state index in [1.807, 2.05) is 24.3 Å². The number of piperazine rings is 1. The molecule has 0 bridgehead atoms. The second-order valence-corrected chi connectivity index (χ2v) is 9.38. The molecule has 0 radical (unpaired) electrons. The molecule has 0 unspecified atom stereocenters. The van der Waals surface area contributed by atoms with E-state index in [-0.39, 0.29) is 11.7 Å². The number of anilines is 1. The van der Waals surface area contributed by atoms with Crippen LogP contribution in [0.25, 0.3) is 22.3 Å². The van der Waals surface area contributed by atoms with Gasteiger partial charge in [0.15, 0.2) is 10.9 Å². The van der Waals surface area contributed by atoms with Gasteiger partial charge in [-0.1, -0.05) is 24.3 Å². The summed E-state index contributed by atoms with van der Waals surface area (Å²) < 4.78 is 13.4. The molecule has 0 amide bonds. The van der Waals surface area contributed by atoms with Crippen molar-refractivity contribution in [3.8, 4) is 11.3 Å². The molecular weight excluding hydrogens is 495 g/mol. The van der Waals surface area contributed by atoms with Crippen LogP contribution in [-0.4, -0.2) is 51.1 Å². The Balaban J connectivity index is 1.33. The second kappa shape index (κ2) is 10.7. The van der Waals surface area contributed by atoms with Crippen molar-refractivity contribution in [3.05, 3.63) is 83.4 Å². The summed E-state index contributed by atoms with van der Waals surface area (Å²) in [6.45, 7) is 5.82. The van der Waals surface area contributed by atoms with Gasteiger partial charge in [0.1, 0.15) is 17.2 Å². The predicted octanol–water partition coefficient (Wildman–Crippen LogP) is 5.07. The summed E-state index contributed by atoms with van der Waals surface area (Å²) in [6, 6.07) is 18.4. The van der Waals surface area contributed by atoms with Crippen molar-refractivity contribution >= 4 is 45.8 Å². The first kappa shape index (κ1) is 24.3. The zero-order valence-corrected chi connectivity index (χ0v) is 21.5. The third-order valence-corrected chi connectivity index (χ3v) is 7.03. The van der Waals surface area contributed by atoms with Gasteiger partial charge in [-0.15, -0.1) is 11.6 Å². The third kappa shape index (κ3) is 5.24. The Morgan fingerprint density at radius 1 is 0.972 bits per heavy atom. The van der Waals surface area contributed by atoms with E-state index in [0.29, 0.717) is 17.9 Å². The van der Waals surface area contributed by atoms with Gasteiger partial charge in [-0.2, -0.15) is 0 Å². The molecule has 9 heteroatoms. The molecule has 1 N–H and O–H groups in total. The molecule has 0 atom stereocenters. The van der Waals surface area contributed by atoms with E-state index in [1.165, 1.54) is 23.3 Å². The highest BCUT2D eigenvalue weighted by Gasteiger charge is 2.23. The molecule has 3 heterocycles. The number of thiocarbonyl (C=S) groups is 1. The summed E-state index contributed by atoms with van der Waals surface area (Å²) in [5, 5.41) is 4.15. The van der Waals surface area contributed by atoms with Gasteiger partial charge in [-0.25, -0.2) is 19.3 Å². The number of hydrogen-bond acceptors (Lipinski definition) is 5. The first-order chi connectivity index (χ1) is 17.5. The lowest BCUT2D eigenvalue weighted by Crippen LogP contribution is -2.52. The Hall–Kier alpha value is -3.36. The molecule has 5 rings (SSSR count). The second-order valence-electron chi connectivity index (χ2n) is 8.73. The fourth-order valence-electron chi connectivity index (χ4n) is 4.32. The van der Waals surface area contributed by atoms with Gasteiger partial charge in [0.2, 0.25) is 0 Å². The number of benzene rings is 2. The summed E-state index contributed by atoms with van der Waals surface area (Å²) in [7, 11) is 0. The Labute approximate surface area is 220 Å². The Bertz CT molecular complexity index is 1390. The quantitative estimate of drug-likeness (QED) is 0.291. The molecule has 0 aliphatic carbocycles. The van der Waals surface area contributed by atoms with Crippen LogP contribution in [-0.2, 0) is 12.4 Å². The van der Waals surface area contributed by atoms with Crippen molar-refractivity contribution in [1.82, 2.24) is 25.2 Å². The monoisotopic (exact) mass is 520 g/mol. The molecule has 1 saturated heterocycles. The van der Waals surface area contributed by atoms with Crippen LogP contribution in [0.4, 0.5) is 10.2 Å². The van der Waals surface area contributed by atoms with Crippen molar-refractivity contribution in [3.63, 3.8) is 0 Å². The van der Waals surface area contributed by atoms with Crippen LogP contribution in [0.3, 0.4) is 0 Å². The minimum absolute atomic E-state index is 0.218. The smallest absolute Gasteiger partial charge is 0.169 e. The number of nitrogens with one attached hydrogen (secondary N) is 1. The molecule has 1 aliphatic heterocycles. The number of alkyl halides is 1. The average Bonchev–Trinajstić information content (AvgIpc) is 2.92. The summed E-state index contributed by atoms with van der Waals surface area (Å²) in [4.78, 5) is 18.6. The van der Waals surface area contributed by atoms with Crippen LogP contribution in [0.15, 0.2) is 60.7 Å². The van der Waals surface area contributed by atoms with Gasteiger partial charge >= 0.3 is 0 Å². The minimum Gasteiger partial charge on any atom is -0.358 e. The maximum Gasteiger partial charge on any atom is 0.169 e. The summed E-state index contributed by atoms with van der Waals surface area (Å²) in [6.07, 6.45) is 0. The van der Waals surface area contributed by atoms with Gasteiger partial charge in [0.05, 0.1) is 17.1 Å². The lowest BCUT2D eigenvalue weighted by molar-refractivity contribution is 0.379. The fraction of sp³-hybridized carbons (Fsp3) is 0.259. The van der Waals surface area contributed by atoms with Gasteiger partial charge in [-0.3, -0.25) is 0 Å². The fourth-order valence-corrected chi connectivity index (χ4v) is 4.69. The van der Waals surface area contributed by atoms with E-state index in [1.54, 1.807) is 12.1 Å². The summed E-state index contributed by atoms with van der Waals surface area (Å²) in [5.74, 6) is 1.26. The van der Waals surface area contributed by atoms with E-state index >= 15 is 0 Å². The van der Waals surface area contributed by atoms with Gasteiger partial charge in [0, 0.05) is 38.3 Å². The first-order valence-corrected chi connectivity index (χ1v) is 12.8. The van der Waals surface area contributed by atoms with Gasteiger partial charge in [0.25, 0.3) is 0 Å². The molecular formula is C27H26ClFN6S. The lowest BCUT2D eigenvalue weighted by Gasteiger charge is -2.37. The van der Waals surface area contributed by atoms with E-state index in [2.05, 4.69) is 39.2 Å². The van der Waals surface area contributed by atoms with Crippen molar-refractivity contribution in [2.75, 3.05) is 31.1 Å². The van der Waals surface area contributed by atoms with Crippen molar-refractivity contribution < 1.29 is 4.39 Å². The average molecular weight is 521 g/mol. The van der Waals surface area contributed by atoms with Crippen molar-refractivity contribution in [2.24, 2.45) is 0 Å². The van der Waals surface area contributed by atoms with Crippen molar-refractivity contribution in [2.45, 2.75) is 19.3 Å². The Kier molecular flexibility index (Phi) is 7.25. The molecule has 0 saturated carbocycles. The van der Waals surface area contributed by atoms with E-state index in [0.717, 1.165) is 53.9 Å². The number of aromatic nitrogens is 3. The summed E-state index contributed by atoms with van der Waals surface area (Å²) in [5.41, 5.74) is 5.50. The van der Waals surface area contributed by atoms with Gasteiger partial charge < -0.3 is 15.1 Å². The van der Waals surface area contributed by atoms with E-state index in [9.17, 15) is 4.39 Å². The molecule has 36 heavy (non-hydrogen) atoms. The highest BCUT2D eigenvalue weighted by atomic mass is 35.5. The van der Waals surface area contributed by atoms with Crippen LogP contribution in [0.2, 0.25) is 0 Å². The molecule has 2 aromatic heterocycles. The van der Waals surface area contributed by atoms with Gasteiger partial charge in [-0.05, 0) is 66.7 Å². The zero-order valence-electron chi connectivity index (χ0n) is 19.9. The van der Waals surface area contributed by atoms with Crippen LogP contribution < -0.4 is 10.2 Å². The topological polar surface area (TPSA) is 57.2 Å². The molecule has 4 aromatic rings. The van der Waals surface area contributed by atoms with Crippen LogP contribution in [0.1, 0.15) is 17.0 Å². The van der Waals surface area contributed by atoms with E-state index < -0.39 is 0 Å². The SMILES string of the molecule is Cc1ccccc1CNC(=S)N1CCN(c2nc(CCl)nc3ccc(-c4ccc(F)cc4)nc23)CC1. The highest BCUT2D eigenvalue weighted by molar-refractivity contribution is 7.80. The molecule has 6 nitrogen and oxygen atoms in total. The Morgan fingerprint density at radius 2 is 1.72 bits per heavy atom. The van der Waals surface area contributed by atoms with Crippen LogP contribution in [0.5, 0.6) is 0 Å². The van der Waals surface area contributed by atoms with Crippen LogP contribution >= 0.6 is 23.8 Å². The predicted molar refractivity (Wildman–Crippen MR) is 147 cm³/mol. The third-order valence-electron chi connectivity index (χ3n) is 6.39. The standard InChI is InChI=1S/C27H26ClFN6S/c1-18-4-2-3-5-20(18)17-30-27(36)35-14-12-34(13-15-35)26-25-23(31-24(16-28)33-26)11-10-22(32-25)19-6-8-21(29)9-7-19/h2-11H,12-17H2,1H3,(H,30,36). The van der Waals surface area contributed by atoms with Crippen molar-refractivity contribution in [1.29, 1.82) is 0 Å². The number of fused-ring (bicyclic) bond motifs is 1. The number of aryl methyl sites for hydroxylation is 1. The zero-order chi connectivity index (χ0) is 25.1. The molecule has 0 spiro atoms. The Morgan fingerprint density at radius 3 is 2.44 bits per heavy atom. The van der Waals surface area contributed by atoms with E-state index in [4.69, 9.17) is 33.8 Å². The lowest BCUT2D eigenvalue weighted by atomic mass is 10.1. The van der Waals surface area contributed by atoms with Crippen LogP contribution in [0, 0.1) is 12.7 Å². The number of rotatable bonds is 5. The number of pyridine rings is 1. The molecule has 184 valence electrons. The largest absolute Gasteiger partial charge is 0.358 e. The normalized spacial score (nSPS) is 13.8. The maximum absolute atomic E-state index is 13.4. The maximum atomic E-state index is 13.4. The number of nitrogens with zero attached hydrogens (tertiary/aromatic N) is 5. The molecule has 1 fully saturated rings. The first-order valence-electron chi connectivity index (χ1n) is 11.8. The number of hydrogen-bond donors (Lipinski definition) is 1. The number of halogens is 2.